The molecule has 7 nitrogen and oxygen atoms in total. The fourth-order valence-corrected chi connectivity index (χ4v) is 4.34. The van der Waals surface area contributed by atoms with Crippen LogP contribution >= 0.6 is 11.3 Å². The van der Waals surface area contributed by atoms with Gasteiger partial charge in [0.05, 0.1) is 5.60 Å². The Balaban J connectivity index is 1.40. The molecule has 2 aliphatic rings. The number of rotatable bonds is 3. The highest BCUT2D eigenvalue weighted by atomic mass is 32.1. The van der Waals surface area contributed by atoms with Gasteiger partial charge in [0.2, 0.25) is 5.13 Å². The predicted molar refractivity (Wildman–Crippen MR) is 94.9 cm³/mol. The summed E-state index contributed by atoms with van der Waals surface area (Å²) >= 11 is 1.61. The maximum Gasteiger partial charge on any atom is 0.251 e. The monoisotopic (exact) mass is 359 g/mol. The van der Waals surface area contributed by atoms with Crippen molar-refractivity contribution in [1.82, 2.24) is 20.5 Å². The predicted octanol–water partition coefficient (Wildman–Crippen LogP) is 1.80. The van der Waals surface area contributed by atoms with Crippen LogP contribution in [0.15, 0.2) is 24.5 Å². The number of ether oxygens (including phenoxy) is 1. The molecular formula is C17H21N5O2S. The van der Waals surface area contributed by atoms with Gasteiger partial charge >= 0.3 is 0 Å². The van der Waals surface area contributed by atoms with Gasteiger partial charge in [-0.2, -0.15) is 0 Å². The second-order valence-corrected chi connectivity index (χ2v) is 7.87. The largest absolute Gasteiger partial charge is 0.373 e. The molecule has 2 atom stereocenters. The molecule has 2 aromatic rings. The van der Waals surface area contributed by atoms with Crippen LogP contribution in [0.3, 0.4) is 0 Å². The number of nitrogens with zero attached hydrogens (tertiary/aromatic N) is 4. The highest BCUT2D eigenvalue weighted by Gasteiger charge is 2.44. The summed E-state index contributed by atoms with van der Waals surface area (Å²) in [4.78, 5) is 18.6. The summed E-state index contributed by atoms with van der Waals surface area (Å²) < 4.78 is 6.16. The molecule has 132 valence electrons. The van der Waals surface area contributed by atoms with Gasteiger partial charge in [0.25, 0.3) is 5.91 Å². The molecule has 8 heteroatoms. The molecule has 4 rings (SSSR count). The Morgan fingerprint density at radius 3 is 3.00 bits per heavy atom. The Morgan fingerprint density at radius 1 is 1.40 bits per heavy atom. The first-order valence-electron chi connectivity index (χ1n) is 8.53. The van der Waals surface area contributed by atoms with E-state index in [9.17, 15) is 4.79 Å². The third kappa shape index (κ3) is 3.50. The third-order valence-electron chi connectivity index (χ3n) is 4.87. The van der Waals surface area contributed by atoms with Gasteiger partial charge in [-0.25, -0.2) is 0 Å². The number of anilines is 1. The van der Waals surface area contributed by atoms with Gasteiger partial charge in [-0.15, -0.1) is 10.2 Å². The van der Waals surface area contributed by atoms with E-state index in [-0.39, 0.29) is 17.6 Å². The zero-order valence-electron chi connectivity index (χ0n) is 14.1. The van der Waals surface area contributed by atoms with Crippen molar-refractivity contribution in [3.8, 4) is 0 Å². The second kappa shape index (κ2) is 6.68. The van der Waals surface area contributed by atoms with Crippen molar-refractivity contribution < 1.29 is 9.53 Å². The summed E-state index contributed by atoms with van der Waals surface area (Å²) in [5.41, 5.74) is 0.446. The number of nitrogens with one attached hydrogen (secondary N) is 1. The minimum Gasteiger partial charge on any atom is -0.373 e. The zero-order valence-corrected chi connectivity index (χ0v) is 15.0. The maximum absolute atomic E-state index is 12.4. The van der Waals surface area contributed by atoms with Crippen LogP contribution in [0, 0.1) is 6.92 Å². The average Bonchev–Trinajstić information content (AvgIpc) is 3.22. The number of aryl methyl sites for hydroxylation is 1. The Morgan fingerprint density at radius 2 is 2.24 bits per heavy atom. The molecule has 2 aliphatic heterocycles. The Labute approximate surface area is 150 Å². The van der Waals surface area contributed by atoms with Gasteiger partial charge in [0.1, 0.15) is 5.01 Å². The standard InChI is InChI=1S/C17H21N5O2S/c1-12-20-21-16(25-12)22-8-5-17(11-22)10-14(4-9-24-17)19-15(23)13-2-6-18-7-3-13/h2-3,6-7,14H,4-5,8-11H2,1H3,(H,19,23)/t14-,17+/m0/s1. The number of pyridine rings is 1. The lowest BCUT2D eigenvalue weighted by molar-refractivity contribution is -0.0720. The lowest BCUT2D eigenvalue weighted by Gasteiger charge is -2.38. The van der Waals surface area contributed by atoms with Gasteiger partial charge in [0.15, 0.2) is 0 Å². The molecule has 4 heterocycles. The molecule has 0 unspecified atom stereocenters. The van der Waals surface area contributed by atoms with Gasteiger partial charge in [0, 0.05) is 43.7 Å². The summed E-state index contributed by atoms with van der Waals surface area (Å²) in [7, 11) is 0. The van der Waals surface area contributed by atoms with Gasteiger partial charge in [-0.05, 0) is 38.3 Å². The summed E-state index contributed by atoms with van der Waals surface area (Å²) in [6.45, 7) is 4.36. The number of hydrogen-bond donors (Lipinski definition) is 1. The molecule has 0 radical (unpaired) electrons. The van der Waals surface area contributed by atoms with Crippen LogP contribution in [0.4, 0.5) is 5.13 Å². The second-order valence-electron chi connectivity index (χ2n) is 6.71. The molecule has 1 spiro atoms. The van der Waals surface area contributed by atoms with E-state index in [2.05, 4.69) is 25.4 Å². The van der Waals surface area contributed by atoms with Crippen LogP contribution in [0.1, 0.15) is 34.6 Å². The SMILES string of the molecule is Cc1nnc(N2CC[C@@]3(C[C@@H](NC(=O)c4ccncc4)CCO3)C2)s1. The highest BCUT2D eigenvalue weighted by molar-refractivity contribution is 7.15. The normalized spacial score (nSPS) is 26.1. The molecule has 1 amide bonds. The highest BCUT2D eigenvalue weighted by Crippen LogP contribution is 2.37. The molecular weight excluding hydrogens is 338 g/mol. The third-order valence-corrected chi connectivity index (χ3v) is 5.77. The smallest absolute Gasteiger partial charge is 0.251 e. The summed E-state index contributed by atoms with van der Waals surface area (Å²) in [6, 6.07) is 3.60. The van der Waals surface area contributed by atoms with E-state index in [0.717, 1.165) is 42.5 Å². The molecule has 2 saturated heterocycles. The quantitative estimate of drug-likeness (QED) is 0.900. The Bertz CT molecular complexity index is 753. The number of carbonyl (C=O) groups is 1. The van der Waals surface area contributed by atoms with Crippen LogP contribution in [-0.4, -0.2) is 52.4 Å². The minimum atomic E-state index is -0.200. The first kappa shape index (κ1) is 16.4. The van der Waals surface area contributed by atoms with E-state index in [1.54, 1.807) is 35.9 Å². The molecule has 1 N–H and O–H groups in total. The van der Waals surface area contributed by atoms with Gasteiger partial charge in [-0.3, -0.25) is 9.78 Å². The van der Waals surface area contributed by atoms with Gasteiger partial charge in [-0.1, -0.05) is 11.3 Å². The van der Waals surface area contributed by atoms with Crippen LogP contribution in [0.5, 0.6) is 0 Å². The fourth-order valence-electron chi connectivity index (χ4n) is 3.63. The van der Waals surface area contributed by atoms with Crippen molar-refractivity contribution in [1.29, 1.82) is 0 Å². The molecule has 0 aliphatic carbocycles. The van der Waals surface area contributed by atoms with Crippen LogP contribution in [-0.2, 0) is 4.74 Å². The van der Waals surface area contributed by atoms with Crippen molar-refractivity contribution >= 4 is 22.4 Å². The average molecular weight is 359 g/mol. The van der Waals surface area contributed by atoms with Crippen molar-refractivity contribution in [3.63, 3.8) is 0 Å². The molecule has 0 bridgehead atoms. The lowest BCUT2D eigenvalue weighted by Crippen LogP contribution is -2.50. The van der Waals surface area contributed by atoms with E-state index < -0.39 is 0 Å². The van der Waals surface area contributed by atoms with Crippen molar-refractivity contribution in [2.75, 3.05) is 24.6 Å². The molecule has 25 heavy (non-hydrogen) atoms. The van der Waals surface area contributed by atoms with Crippen molar-refractivity contribution in [3.05, 3.63) is 35.1 Å². The van der Waals surface area contributed by atoms with E-state index >= 15 is 0 Å². The number of hydrogen-bond acceptors (Lipinski definition) is 7. The summed E-state index contributed by atoms with van der Waals surface area (Å²) in [5.74, 6) is -0.0425. The van der Waals surface area contributed by atoms with E-state index in [4.69, 9.17) is 4.74 Å². The number of carbonyl (C=O) groups excluding carboxylic acids is 1. The molecule has 0 saturated carbocycles. The number of amides is 1. The topological polar surface area (TPSA) is 80.2 Å². The first-order chi connectivity index (χ1) is 12.1. The molecule has 0 aromatic carbocycles. The zero-order chi connectivity index (χ0) is 17.3. The summed E-state index contributed by atoms with van der Waals surface area (Å²) in [6.07, 6.45) is 5.90. The van der Waals surface area contributed by atoms with E-state index in [0.29, 0.717) is 12.2 Å². The van der Waals surface area contributed by atoms with Crippen LogP contribution < -0.4 is 10.2 Å². The molecule has 2 aromatic heterocycles. The van der Waals surface area contributed by atoms with Crippen molar-refractivity contribution in [2.45, 2.75) is 37.8 Å². The first-order valence-corrected chi connectivity index (χ1v) is 9.35. The van der Waals surface area contributed by atoms with E-state index in [1.807, 2.05) is 6.92 Å². The Hall–Kier alpha value is -2.06. The maximum atomic E-state index is 12.4. The van der Waals surface area contributed by atoms with Crippen LogP contribution in [0.25, 0.3) is 0 Å². The van der Waals surface area contributed by atoms with Gasteiger partial charge < -0.3 is 15.0 Å². The van der Waals surface area contributed by atoms with E-state index in [1.165, 1.54) is 0 Å². The fraction of sp³-hybridized carbons (Fsp3) is 0.529. The lowest BCUT2D eigenvalue weighted by atomic mass is 9.89. The minimum absolute atomic E-state index is 0.0425. The molecule has 2 fully saturated rings. The van der Waals surface area contributed by atoms with Crippen molar-refractivity contribution in [2.24, 2.45) is 0 Å². The van der Waals surface area contributed by atoms with Crippen LogP contribution in [0.2, 0.25) is 0 Å². The summed E-state index contributed by atoms with van der Waals surface area (Å²) in [5, 5.41) is 13.4. The number of aromatic nitrogens is 3. The Kier molecular flexibility index (Phi) is 4.39.